The largest absolute Gasteiger partial charge is 0.384 e. The highest BCUT2D eigenvalue weighted by atomic mass is 35.5. The lowest BCUT2D eigenvalue weighted by molar-refractivity contribution is 0.0567. The first-order chi connectivity index (χ1) is 20.4. The summed E-state index contributed by atoms with van der Waals surface area (Å²) in [6, 6.07) is 6.79. The quantitative estimate of drug-likeness (QED) is 0.312. The molecule has 3 aromatic rings. The van der Waals surface area contributed by atoms with Crippen molar-refractivity contribution in [1.29, 1.82) is 0 Å². The van der Waals surface area contributed by atoms with Crippen LogP contribution in [0.1, 0.15) is 40.7 Å². The summed E-state index contributed by atoms with van der Waals surface area (Å²) in [6.07, 6.45) is 6.24. The molecule has 0 aliphatic carbocycles. The van der Waals surface area contributed by atoms with E-state index < -0.39 is 6.55 Å². The molecule has 1 N–H and O–H groups in total. The summed E-state index contributed by atoms with van der Waals surface area (Å²) >= 11 is 7.61. The molecule has 1 aliphatic rings. The third kappa shape index (κ3) is 8.41. The van der Waals surface area contributed by atoms with Crippen LogP contribution >= 0.6 is 23.4 Å². The molecule has 12 heteroatoms. The molecule has 2 aromatic heterocycles. The van der Waals surface area contributed by atoms with E-state index in [2.05, 4.69) is 41.8 Å². The maximum absolute atomic E-state index is 12.9. The third-order valence-corrected chi connectivity index (χ3v) is 8.34. The fraction of sp³-hybridized carbons (Fsp3) is 0.419. The van der Waals surface area contributed by atoms with Crippen molar-refractivity contribution < 1.29 is 13.2 Å². The van der Waals surface area contributed by atoms with E-state index in [0.29, 0.717) is 41.8 Å². The van der Waals surface area contributed by atoms with E-state index >= 15 is 0 Å². The van der Waals surface area contributed by atoms with Gasteiger partial charge in [-0.15, -0.1) is 11.8 Å². The zero-order chi connectivity index (χ0) is 31.8. The van der Waals surface area contributed by atoms with E-state index in [1.54, 1.807) is 35.5 Å². The predicted octanol–water partition coefficient (Wildman–Crippen LogP) is 5.87. The molecule has 0 radical (unpaired) electrons. The lowest BCUT2D eigenvalue weighted by atomic mass is 10.1. The summed E-state index contributed by atoms with van der Waals surface area (Å²) in [7, 11) is 1.74. The van der Waals surface area contributed by atoms with Gasteiger partial charge < -0.3 is 15.1 Å². The van der Waals surface area contributed by atoms with Gasteiger partial charge in [0, 0.05) is 55.6 Å². The first-order valence-electron chi connectivity index (χ1n) is 14.1. The lowest BCUT2D eigenvalue weighted by Crippen LogP contribution is -2.51. The van der Waals surface area contributed by atoms with Crippen LogP contribution in [0, 0.1) is 5.82 Å². The molecular formula is C31H40ClF3N6OS. The molecule has 0 bridgehead atoms. The van der Waals surface area contributed by atoms with Crippen molar-refractivity contribution >= 4 is 52.7 Å². The number of thioether (sulfide) groups is 1. The Morgan fingerprint density at radius 3 is 2.37 bits per heavy atom. The third-order valence-electron chi connectivity index (χ3n) is 7.29. The Morgan fingerprint density at radius 2 is 1.81 bits per heavy atom. The lowest BCUT2D eigenvalue weighted by Gasteiger charge is -2.37. The maximum atomic E-state index is 12.9. The molecule has 0 unspecified atom stereocenters. The van der Waals surface area contributed by atoms with Gasteiger partial charge in [0.05, 0.1) is 11.9 Å². The van der Waals surface area contributed by atoms with Gasteiger partial charge in [-0.05, 0) is 68.5 Å². The fourth-order valence-corrected chi connectivity index (χ4v) is 5.64. The number of nitrogens with one attached hydrogen (secondary N) is 1. The van der Waals surface area contributed by atoms with Crippen molar-refractivity contribution in [1.82, 2.24) is 14.3 Å². The van der Waals surface area contributed by atoms with Crippen molar-refractivity contribution in [3.05, 3.63) is 73.9 Å². The molecule has 0 spiro atoms. The van der Waals surface area contributed by atoms with Crippen LogP contribution < -0.4 is 31.1 Å². The van der Waals surface area contributed by atoms with Gasteiger partial charge in [-0.3, -0.25) is 9.36 Å². The van der Waals surface area contributed by atoms with E-state index in [1.807, 2.05) is 31.1 Å². The standard InChI is InChI=1S/C22H28ClF2N5O.C9H12FNS/c1-6-14(2)11-15(3)17-12-19(27(5)21(31)16(17)4)29-9-7-28(8-10-29)18-13-30(22(24)25)26-20(18)23;1-3-11-8-5-4-7(10)6-9(8)12-2/h11-13,22H,4,6-10H2,1-3,5H3;4-6,11H,3H2,1-2H3/b14-11-,17-15-;. The summed E-state index contributed by atoms with van der Waals surface area (Å²) in [5.41, 5.74) is 3.61. The second-order valence-corrected chi connectivity index (χ2v) is 11.4. The van der Waals surface area contributed by atoms with Crippen molar-refractivity contribution in [2.45, 2.75) is 45.6 Å². The minimum atomic E-state index is -2.73. The molecule has 0 amide bonds. The minimum absolute atomic E-state index is 0.0631. The molecule has 1 saturated heterocycles. The molecule has 0 atom stereocenters. The summed E-state index contributed by atoms with van der Waals surface area (Å²) in [5.74, 6) is 0.629. The summed E-state index contributed by atoms with van der Waals surface area (Å²) in [5, 5.41) is 8.23. The number of aromatic nitrogens is 3. The van der Waals surface area contributed by atoms with Crippen LogP contribution in [-0.4, -0.2) is 53.3 Å². The molecule has 7 nitrogen and oxygen atoms in total. The smallest absolute Gasteiger partial charge is 0.333 e. The summed E-state index contributed by atoms with van der Waals surface area (Å²) < 4.78 is 40.7. The zero-order valence-corrected chi connectivity index (χ0v) is 27.1. The number of pyridine rings is 1. The zero-order valence-electron chi connectivity index (χ0n) is 25.6. The molecule has 4 rings (SSSR count). The number of piperazine rings is 1. The van der Waals surface area contributed by atoms with Gasteiger partial charge in [0.2, 0.25) is 0 Å². The maximum Gasteiger partial charge on any atom is 0.333 e. The van der Waals surface area contributed by atoms with Crippen LogP contribution in [0.2, 0.25) is 5.15 Å². The number of hydrogen-bond acceptors (Lipinski definition) is 6. The Kier molecular flexibility index (Phi) is 12.3. The average Bonchev–Trinajstić information content (AvgIpc) is 3.39. The average molecular weight is 637 g/mol. The highest BCUT2D eigenvalue weighted by Crippen LogP contribution is 2.28. The van der Waals surface area contributed by atoms with Crippen molar-refractivity contribution in [3.63, 3.8) is 0 Å². The van der Waals surface area contributed by atoms with Gasteiger partial charge in [0.15, 0.2) is 5.15 Å². The van der Waals surface area contributed by atoms with Crippen LogP contribution in [0.5, 0.6) is 0 Å². The van der Waals surface area contributed by atoms with Crippen LogP contribution in [0.15, 0.2) is 51.8 Å². The van der Waals surface area contributed by atoms with Gasteiger partial charge in [-0.25, -0.2) is 9.07 Å². The highest BCUT2D eigenvalue weighted by molar-refractivity contribution is 7.98. The highest BCUT2D eigenvalue weighted by Gasteiger charge is 2.24. The Balaban J connectivity index is 0.000000353. The number of hydrogen-bond donors (Lipinski definition) is 1. The summed E-state index contributed by atoms with van der Waals surface area (Å²) in [6.45, 7) is 12.7. The Morgan fingerprint density at radius 1 is 1.16 bits per heavy atom. The molecule has 43 heavy (non-hydrogen) atoms. The Bertz CT molecular complexity index is 1610. The van der Waals surface area contributed by atoms with Crippen molar-refractivity contribution in [2.24, 2.45) is 7.05 Å². The number of allylic oxidation sites excluding steroid dienone is 2. The monoisotopic (exact) mass is 636 g/mol. The Hall–Kier alpha value is -3.31. The molecule has 3 heterocycles. The molecule has 1 aromatic carbocycles. The first kappa shape index (κ1) is 34.2. The summed E-state index contributed by atoms with van der Waals surface area (Å²) in [4.78, 5) is 17.9. The molecule has 234 valence electrons. The van der Waals surface area contributed by atoms with Gasteiger partial charge in [0.25, 0.3) is 5.56 Å². The van der Waals surface area contributed by atoms with Crippen LogP contribution in [0.3, 0.4) is 0 Å². The van der Waals surface area contributed by atoms with E-state index in [9.17, 15) is 18.0 Å². The molecule has 0 saturated carbocycles. The van der Waals surface area contributed by atoms with Crippen LogP contribution in [-0.2, 0) is 7.05 Å². The second-order valence-electron chi connectivity index (χ2n) is 10.2. The minimum Gasteiger partial charge on any atom is -0.384 e. The van der Waals surface area contributed by atoms with E-state index in [1.165, 1.54) is 17.8 Å². The number of rotatable bonds is 8. The fourth-order valence-electron chi connectivity index (χ4n) is 4.79. The van der Waals surface area contributed by atoms with Gasteiger partial charge in [0.1, 0.15) is 11.6 Å². The topological polar surface area (TPSA) is 58.3 Å². The number of alkyl halides is 2. The molecule has 1 aliphatic heterocycles. The van der Waals surface area contributed by atoms with E-state index in [4.69, 9.17) is 11.6 Å². The van der Waals surface area contributed by atoms with Gasteiger partial charge in [-0.2, -0.15) is 13.9 Å². The Labute approximate surface area is 260 Å². The number of anilines is 3. The molecular weight excluding hydrogens is 597 g/mol. The van der Waals surface area contributed by atoms with E-state index in [0.717, 1.165) is 40.2 Å². The van der Waals surface area contributed by atoms with Crippen LogP contribution in [0.4, 0.5) is 30.4 Å². The van der Waals surface area contributed by atoms with Crippen molar-refractivity contribution in [3.8, 4) is 0 Å². The van der Waals surface area contributed by atoms with E-state index in [-0.39, 0.29) is 16.5 Å². The van der Waals surface area contributed by atoms with Crippen LogP contribution in [0.25, 0.3) is 12.2 Å². The van der Waals surface area contributed by atoms with Crippen molar-refractivity contribution in [2.75, 3.05) is 54.1 Å². The normalized spacial score (nSPS) is 14.5. The SMILES string of the molecule is C=c1c(=O)n(C)c(N2CCN(c3cn(C(F)F)nc3Cl)CC2)c/c1=C(C)/C=C(/C)CC.CCNc1ccc(F)cc1SC. The van der Waals surface area contributed by atoms with Gasteiger partial charge in [-0.1, -0.05) is 36.8 Å². The second kappa shape index (κ2) is 15.4. The first-order valence-corrected chi connectivity index (χ1v) is 15.7. The van der Waals surface area contributed by atoms with Gasteiger partial charge >= 0.3 is 6.55 Å². The number of halogens is 4. The molecule has 1 fully saturated rings. The number of nitrogens with zero attached hydrogens (tertiary/aromatic N) is 5. The number of benzene rings is 1. The predicted molar refractivity (Wildman–Crippen MR) is 175 cm³/mol.